The van der Waals surface area contributed by atoms with Crippen LogP contribution in [-0.4, -0.2) is 36.8 Å². The van der Waals surface area contributed by atoms with Gasteiger partial charge in [0.05, 0.1) is 18.2 Å². The quantitative estimate of drug-likeness (QED) is 0.872. The molecule has 1 aliphatic heterocycles. The fraction of sp³-hybridized carbons (Fsp3) is 0.385. The Morgan fingerprint density at radius 3 is 2.90 bits per heavy atom. The van der Waals surface area contributed by atoms with Gasteiger partial charge in [-0.3, -0.25) is 14.7 Å². The van der Waals surface area contributed by atoms with Gasteiger partial charge in [0, 0.05) is 11.6 Å². The molecule has 2 aromatic rings. The van der Waals surface area contributed by atoms with Crippen molar-refractivity contribution >= 4 is 17.4 Å². The molecule has 1 N–H and O–H groups in total. The zero-order valence-corrected chi connectivity index (χ0v) is 12.6. The number of hydrogen-bond acceptors (Lipinski definition) is 7. The van der Waals surface area contributed by atoms with Crippen molar-refractivity contribution < 1.29 is 5.21 Å². The van der Waals surface area contributed by atoms with Crippen molar-refractivity contribution in [2.45, 2.75) is 31.7 Å². The highest BCUT2D eigenvalue weighted by atomic mass is 32.2. The normalized spacial score (nSPS) is 15.3. The van der Waals surface area contributed by atoms with Gasteiger partial charge in [-0.25, -0.2) is 0 Å². The first-order valence-corrected chi connectivity index (χ1v) is 7.61. The molecule has 0 unspecified atom stereocenters. The number of benzene rings is 1. The average molecular weight is 306 g/mol. The van der Waals surface area contributed by atoms with E-state index in [9.17, 15) is 5.21 Å². The molecule has 7 nitrogen and oxygen atoms in total. The summed E-state index contributed by atoms with van der Waals surface area (Å²) >= 11 is 1.64. The Labute approximate surface area is 126 Å². The summed E-state index contributed by atoms with van der Waals surface area (Å²) < 4.78 is 2.03. The maximum atomic E-state index is 11.0. The van der Waals surface area contributed by atoms with E-state index >= 15 is 0 Å². The van der Waals surface area contributed by atoms with Gasteiger partial charge in [-0.1, -0.05) is 23.9 Å². The third kappa shape index (κ3) is 2.75. The molecule has 112 valence electrons. The van der Waals surface area contributed by atoms with E-state index in [1.807, 2.05) is 10.6 Å². The lowest BCUT2D eigenvalue weighted by Crippen LogP contribution is -2.35. The van der Waals surface area contributed by atoms with Crippen molar-refractivity contribution in [3.8, 4) is 11.4 Å². The lowest BCUT2D eigenvalue weighted by atomic mass is 10.2. The molecule has 8 heteroatoms. The van der Waals surface area contributed by atoms with Gasteiger partial charge in [-0.05, 0) is 26.0 Å². The van der Waals surface area contributed by atoms with Crippen molar-refractivity contribution in [3.05, 3.63) is 29.5 Å². The lowest BCUT2D eigenvalue weighted by Gasteiger charge is -2.30. The molecule has 0 atom stereocenters. The first kappa shape index (κ1) is 14.3. The Bertz CT molecular complexity index is 643. The van der Waals surface area contributed by atoms with Crippen LogP contribution in [0, 0.1) is 5.21 Å². The molecule has 0 spiro atoms. The molecular formula is C13H16N5O2S-. The van der Waals surface area contributed by atoms with Gasteiger partial charge in [0.2, 0.25) is 0 Å². The summed E-state index contributed by atoms with van der Waals surface area (Å²) in [5, 5.41) is 29.2. The monoisotopic (exact) mass is 306 g/mol. The average Bonchev–Trinajstić information content (AvgIpc) is 2.90. The molecule has 1 aromatic carbocycles. The molecule has 3 rings (SSSR count). The topological polar surface area (TPSA) is 80.5 Å². The van der Waals surface area contributed by atoms with Crippen LogP contribution in [-0.2, 0) is 6.67 Å². The second kappa shape index (κ2) is 5.64. The van der Waals surface area contributed by atoms with Crippen LogP contribution in [0.3, 0.4) is 0 Å². The number of hydrogen-bond donors (Lipinski definition) is 1. The van der Waals surface area contributed by atoms with E-state index in [-0.39, 0.29) is 10.9 Å². The fourth-order valence-corrected chi connectivity index (χ4v) is 3.24. The van der Waals surface area contributed by atoms with Gasteiger partial charge < -0.3 is 10.4 Å². The summed E-state index contributed by atoms with van der Waals surface area (Å²) in [7, 11) is 0. The minimum atomic E-state index is -0.147. The van der Waals surface area contributed by atoms with Crippen LogP contribution in [0.2, 0.25) is 0 Å². The van der Waals surface area contributed by atoms with Crippen LogP contribution in [0.25, 0.3) is 11.4 Å². The molecule has 1 aromatic heterocycles. The molecule has 0 radical (unpaired) electrons. The zero-order chi connectivity index (χ0) is 15.0. The minimum Gasteiger partial charge on any atom is -0.733 e. The molecule has 21 heavy (non-hydrogen) atoms. The van der Waals surface area contributed by atoms with Crippen molar-refractivity contribution in [3.63, 3.8) is 0 Å². The Hall–Kier alpha value is -1.61. The summed E-state index contributed by atoms with van der Waals surface area (Å²) in [5.74, 6) is 1.59. The largest absolute Gasteiger partial charge is 0.733 e. The summed E-state index contributed by atoms with van der Waals surface area (Å²) in [6.45, 7) is 5.02. The van der Waals surface area contributed by atoms with E-state index in [0.29, 0.717) is 18.5 Å². The predicted molar refractivity (Wildman–Crippen MR) is 80.8 cm³/mol. The van der Waals surface area contributed by atoms with Crippen LogP contribution in [0.5, 0.6) is 0 Å². The zero-order valence-electron chi connectivity index (χ0n) is 11.8. The lowest BCUT2D eigenvalue weighted by molar-refractivity contribution is 0.193. The summed E-state index contributed by atoms with van der Waals surface area (Å²) in [4.78, 5) is 2.31. The molecule has 0 fully saturated rings. The molecule has 0 saturated heterocycles. The highest BCUT2D eigenvalue weighted by Crippen LogP contribution is 2.30. The predicted octanol–water partition coefficient (Wildman–Crippen LogP) is 2.37. The third-order valence-corrected chi connectivity index (χ3v) is 4.48. The fourth-order valence-electron chi connectivity index (χ4n) is 2.18. The van der Waals surface area contributed by atoms with Crippen molar-refractivity contribution in [2.75, 3.05) is 11.1 Å². The van der Waals surface area contributed by atoms with Crippen molar-refractivity contribution in [2.24, 2.45) is 0 Å². The maximum absolute atomic E-state index is 11.0. The van der Waals surface area contributed by atoms with Gasteiger partial charge in [-0.2, -0.15) is 0 Å². The van der Waals surface area contributed by atoms with Crippen LogP contribution >= 0.6 is 11.8 Å². The van der Waals surface area contributed by atoms with Crippen LogP contribution in [0.4, 0.5) is 5.69 Å². The van der Waals surface area contributed by atoms with Crippen molar-refractivity contribution in [1.29, 1.82) is 0 Å². The van der Waals surface area contributed by atoms with Crippen LogP contribution < -0.4 is 5.23 Å². The minimum absolute atomic E-state index is 0.147. The van der Waals surface area contributed by atoms with E-state index in [1.165, 1.54) is 0 Å². The first-order valence-electron chi connectivity index (χ1n) is 6.63. The number of anilines is 1. The molecule has 0 bridgehead atoms. The second-order valence-corrected chi connectivity index (χ2v) is 6.07. The van der Waals surface area contributed by atoms with Crippen molar-refractivity contribution in [1.82, 2.24) is 19.7 Å². The third-order valence-electron chi connectivity index (χ3n) is 3.45. The second-order valence-electron chi connectivity index (χ2n) is 5.15. The molecule has 1 aliphatic rings. The Kier molecular flexibility index (Phi) is 3.85. The number of nitrogens with zero attached hydrogens (tertiary/aromatic N) is 5. The van der Waals surface area contributed by atoms with E-state index in [2.05, 4.69) is 28.9 Å². The standard InChI is InChI=1S/C13H16N5O2S/c1-9(2)16-7-17-12(14-15-13(17)21-8-16)10-4-3-5-11(6-10)18(19)20/h3-6,9,19H,7-8H2,1-2H3/q-1. The summed E-state index contributed by atoms with van der Waals surface area (Å²) in [5.41, 5.74) is 0.932. The van der Waals surface area contributed by atoms with E-state index < -0.39 is 0 Å². The molecule has 0 saturated carbocycles. The molecule has 0 aliphatic carbocycles. The van der Waals surface area contributed by atoms with Gasteiger partial charge >= 0.3 is 0 Å². The summed E-state index contributed by atoms with van der Waals surface area (Å²) in [6, 6.07) is 7.14. The Morgan fingerprint density at radius 2 is 2.19 bits per heavy atom. The van der Waals surface area contributed by atoms with E-state index in [4.69, 9.17) is 5.21 Å². The SMILES string of the molecule is CC(C)N1CSc2nnc(-c3cccc(N([O-])O)c3)n2C1. The van der Waals surface area contributed by atoms with E-state index in [1.54, 1.807) is 30.0 Å². The smallest absolute Gasteiger partial charge is 0.193 e. The van der Waals surface area contributed by atoms with Gasteiger partial charge in [0.1, 0.15) is 0 Å². The highest BCUT2D eigenvalue weighted by Gasteiger charge is 2.23. The van der Waals surface area contributed by atoms with Gasteiger partial charge in [-0.15, -0.1) is 10.2 Å². The number of aromatic nitrogens is 3. The Morgan fingerprint density at radius 1 is 1.38 bits per heavy atom. The number of rotatable bonds is 3. The number of thioether (sulfide) groups is 1. The van der Waals surface area contributed by atoms with Crippen LogP contribution in [0.1, 0.15) is 13.8 Å². The van der Waals surface area contributed by atoms with Gasteiger partial charge in [0.25, 0.3) is 0 Å². The molecular weight excluding hydrogens is 290 g/mol. The van der Waals surface area contributed by atoms with E-state index in [0.717, 1.165) is 16.6 Å². The first-order chi connectivity index (χ1) is 10.1. The Balaban J connectivity index is 1.98. The molecule has 0 amide bonds. The highest BCUT2D eigenvalue weighted by molar-refractivity contribution is 7.99. The number of fused-ring (bicyclic) bond motifs is 1. The molecule has 2 heterocycles. The maximum Gasteiger partial charge on any atom is 0.193 e. The van der Waals surface area contributed by atoms with Crippen LogP contribution in [0.15, 0.2) is 29.4 Å². The summed E-state index contributed by atoms with van der Waals surface area (Å²) in [6.07, 6.45) is 0. The van der Waals surface area contributed by atoms with Gasteiger partial charge in [0.15, 0.2) is 11.0 Å².